The zero-order chi connectivity index (χ0) is 13.7. The van der Waals surface area contributed by atoms with Gasteiger partial charge in [-0.25, -0.2) is 4.79 Å². The summed E-state index contributed by atoms with van der Waals surface area (Å²) in [6.45, 7) is 0.315. The highest BCUT2D eigenvalue weighted by Gasteiger charge is 2.03. The van der Waals surface area contributed by atoms with Crippen LogP contribution in [0.5, 0.6) is 0 Å². The molecule has 19 heavy (non-hydrogen) atoms. The molecule has 0 spiro atoms. The summed E-state index contributed by atoms with van der Waals surface area (Å²) >= 11 is 0. The van der Waals surface area contributed by atoms with E-state index in [9.17, 15) is 9.70 Å². The predicted molar refractivity (Wildman–Crippen MR) is 71.0 cm³/mol. The van der Waals surface area contributed by atoms with Gasteiger partial charge in [0.05, 0.1) is 11.9 Å². The molecule has 0 fully saturated rings. The number of carbonyl (C=O) groups is 1. The van der Waals surface area contributed by atoms with E-state index in [-0.39, 0.29) is 6.03 Å². The maximum Gasteiger partial charge on any atom is 0.319 e. The third-order valence-electron chi connectivity index (χ3n) is 2.43. The lowest BCUT2D eigenvalue weighted by Gasteiger charge is -2.06. The van der Waals surface area contributed by atoms with Crippen molar-refractivity contribution in [1.29, 1.82) is 0 Å². The van der Waals surface area contributed by atoms with Gasteiger partial charge in [0.15, 0.2) is 0 Å². The zero-order valence-corrected chi connectivity index (χ0v) is 10.3. The van der Waals surface area contributed by atoms with Gasteiger partial charge in [-0.05, 0) is 22.9 Å². The summed E-state index contributed by atoms with van der Waals surface area (Å²) in [5, 5.41) is 12.1. The van der Waals surface area contributed by atoms with Gasteiger partial charge in [-0.2, -0.15) is 5.10 Å². The molecule has 1 aromatic heterocycles. The molecule has 2 rings (SSSR count). The molecule has 0 aliphatic carbocycles. The number of amides is 2. The Kier molecular flexibility index (Phi) is 3.87. The lowest BCUT2D eigenvalue weighted by molar-refractivity contribution is 0.251. The normalized spacial score (nSPS) is 9.95. The van der Waals surface area contributed by atoms with Crippen LogP contribution in [0, 0.1) is 4.91 Å². The summed E-state index contributed by atoms with van der Waals surface area (Å²) in [5.41, 5.74) is 1.76. The molecule has 0 aliphatic heterocycles. The molecule has 1 heterocycles. The number of aromatic nitrogens is 2. The molecule has 7 nitrogen and oxygen atoms in total. The van der Waals surface area contributed by atoms with Crippen molar-refractivity contribution in [3.8, 4) is 0 Å². The predicted octanol–water partition coefficient (Wildman–Crippen LogP) is 2.14. The molecule has 7 heteroatoms. The number of hydrogen-bond acceptors (Lipinski definition) is 4. The van der Waals surface area contributed by atoms with Gasteiger partial charge >= 0.3 is 6.03 Å². The first-order chi connectivity index (χ1) is 9.17. The molecule has 0 radical (unpaired) electrons. The second-order valence-electron chi connectivity index (χ2n) is 3.97. The van der Waals surface area contributed by atoms with E-state index in [0.717, 1.165) is 5.56 Å². The van der Waals surface area contributed by atoms with Crippen molar-refractivity contribution < 1.29 is 4.79 Å². The van der Waals surface area contributed by atoms with Crippen LogP contribution in [0.4, 0.5) is 16.2 Å². The van der Waals surface area contributed by atoms with Gasteiger partial charge in [0.1, 0.15) is 5.69 Å². The molecule has 0 saturated heterocycles. The lowest BCUT2D eigenvalue weighted by atomic mass is 10.2. The third-order valence-corrected chi connectivity index (χ3v) is 2.43. The summed E-state index contributed by atoms with van der Waals surface area (Å²) in [7, 11) is 1.76. The Bertz CT molecular complexity index is 593. The van der Waals surface area contributed by atoms with E-state index in [1.165, 1.54) is 0 Å². The molecule has 0 saturated carbocycles. The molecule has 2 amide bonds. The SMILES string of the molecule is Cn1cc(NC(=O)NCc2cccc(N=O)c2)cn1. The minimum atomic E-state index is -0.336. The van der Waals surface area contributed by atoms with Gasteiger partial charge in [-0.3, -0.25) is 4.68 Å². The number of nitrogens with one attached hydrogen (secondary N) is 2. The number of hydrogen-bond donors (Lipinski definition) is 2. The number of nitroso groups, excluding NO2 is 1. The Hall–Kier alpha value is -2.70. The van der Waals surface area contributed by atoms with Gasteiger partial charge < -0.3 is 10.6 Å². The molecule has 0 bridgehead atoms. The van der Waals surface area contributed by atoms with Crippen molar-refractivity contribution in [2.45, 2.75) is 6.54 Å². The smallest absolute Gasteiger partial charge is 0.319 e. The van der Waals surface area contributed by atoms with Gasteiger partial charge in [0.25, 0.3) is 0 Å². The Morgan fingerprint density at radius 1 is 1.47 bits per heavy atom. The second kappa shape index (κ2) is 5.76. The fourth-order valence-electron chi connectivity index (χ4n) is 1.57. The Balaban J connectivity index is 1.87. The van der Waals surface area contributed by atoms with E-state index in [0.29, 0.717) is 17.9 Å². The molecule has 98 valence electrons. The summed E-state index contributed by atoms with van der Waals surface area (Å²) in [4.78, 5) is 22.0. The third kappa shape index (κ3) is 3.63. The van der Waals surface area contributed by atoms with Crippen molar-refractivity contribution in [3.05, 3.63) is 47.1 Å². The van der Waals surface area contributed by atoms with Crippen LogP contribution in [-0.2, 0) is 13.6 Å². The van der Waals surface area contributed by atoms with E-state index < -0.39 is 0 Å². The number of urea groups is 1. The summed E-state index contributed by atoms with van der Waals surface area (Å²) in [5.74, 6) is 0. The van der Waals surface area contributed by atoms with Crippen LogP contribution in [0.1, 0.15) is 5.56 Å². The fourth-order valence-corrected chi connectivity index (χ4v) is 1.57. The maximum absolute atomic E-state index is 11.6. The Morgan fingerprint density at radius 3 is 3.00 bits per heavy atom. The fraction of sp³-hybridized carbons (Fsp3) is 0.167. The van der Waals surface area contributed by atoms with Crippen LogP contribution < -0.4 is 10.6 Å². The standard InChI is InChI=1S/C12H13N5O2/c1-17-8-11(7-14-17)15-12(18)13-6-9-3-2-4-10(5-9)16-19/h2-5,7-8H,6H2,1H3,(H2,13,15,18). The lowest BCUT2D eigenvalue weighted by Crippen LogP contribution is -2.27. The van der Waals surface area contributed by atoms with Crippen LogP contribution in [0.15, 0.2) is 41.8 Å². The highest BCUT2D eigenvalue weighted by atomic mass is 16.3. The number of carbonyl (C=O) groups excluding carboxylic acids is 1. The summed E-state index contributed by atoms with van der Waals surface area (Å²) in [6, 6.07) is 6.41. The van der Waals surface area contributed by atoms with Crippen molar-refractivity contribution in [2.75, 3.05) is 5.32 Å². The van der Waals surface area contributed by atoms with Gasteiger partial charge in [0, 0.05) is 19.8 Å². The van der Waals surface area contributed by atoms with Crippen molar-refractivity contribution in [1.82, 2.24) is 15.1 Å². The van der Waals surface area contributed by atoms with Crippen molar-refractivity contribution in [3.63, 3.8) is 0 Å². The zero-order valence-electron chi connectivity index (χ0n) is 10.3. The number of benzene rings is 1. The topological polar surface area (TPSA) is 88.4 Å². The second-order valence-corrected chi connectivity index (χ2v) is 3.97. The van der Waals surface area contributed by atoms with Crippen LogP contribution in [0.3, 0.4) is 0 Å². The van der Waals surface area contributed by atoms with Gasteiger partial charge in [-0.1, -0.05) is 12.1 Å². The molecule has 0 atom stereocenters. The number of nitrogens with zero attached hydrogens (tertiary/aromatic N) is 3. The van der Waals surface area contributed by atoms with Crippen LogP contribution in [-0.4, -0.2) is 15.8 Å². The first-order valence-corrected chi connectivity index (χ1v) is 5.63. The molecular weight excluding hydrogens is 246 g/mol. The summed E-state index contributed by atoms with van der Waals surface area (Å²) < 4.78 is 1.59. The van der Waals surface area contributed by atoms with Crippen molar-refractivity contribution in [2.24, 2.45) is 12.2 Å². The molecular formula is C12H13N5O2. The van der Waals surface area contributed by atoms with E-state index in [1.54, 1.807) is 48.4 Å². The minimum Gasteiger partial charge on any atom is -0.334 e. The maximum atomic E-state index is 11.6. The average molecular weight is 259 g/mol. The van der Waals surface area contributed by atoms with Gasteiger partial charge in [-0.15, -0.1) is 4.91 Å². The van der Waals surface area contributed by atoms with Crippen LogP contribution in [0.25, 0.3) is 0 Å². The Morgan fingerprint density at radius 2 is 2.32 bits per heavy atom. The van der Waals surface area contributed by atoms with E-state index in [1.807, 2.05) is 0 Å². The average Bonchev–Trinajstić information content (AvgIpc) is 2.82. The monoisotopic (exact) mass is 259 g/mol. The van der Waals surface area contributed by atoms with E-state index >= 15 is 0 Å². The Labute approximate surface area is 109 Å². The molecule has 0 aliphatic rings. The number of rotatable bonds is 4. The molecule has 1 aromatic carbocycles. The minimum absolute atomic E-state index is 0.315. The van der Waals surface area contributed by atoms with E-state index in [2.05, 4.69) is 20.9 Å². The molecule has 2 aromatic rings. The van der Waals surface area contributed by atoms with Gasteiger partial charge in [0.2, 0.25) is 0 Å². The number of anilines is 1. The molecule has 0 unspecified atom stereocenters. The highest BCUT2D eigenvalue weighted by molar-refractivity contribution is 5.88. The highest BCUT2D eigenvalue weighted by Crippen LogP contribution is 2.13. The summed E-state index contributed by atoms with van der Waals surface area (Å²) in [6.07, 6.45) is 3.24. The number of aryl methyl sites for hydroxylation is 1. The first kappa shape index (κ1) is 12.7. The van der Waals surface area contributed by atoms with E-state index in [4.69, 9.17) is 0 Å². The van der Waals surface area contributed by atoms with Crippen LogP contribution in [0.2, 0.25) is 0 Å². The van der Waals surface area contributed by atoms with Crippen molar-refractivity contribution >= 4 is 17.4 Å². The van der Waals surface area contributed by atoms with Crippen LogP contribution >= 0.6 is 0 Å². The largest absolute Gasteiger partial charge is 0.334 e. The first-order valence-electron chi connectivity index (χ1n) is 5.63. The molecule has 2 N–H and O–H groups in total. The quantitative estimate of drug-likeness (QED) is 0.824.